The Balaban J connectivity index is 1.67. The van der Waals surface area contributed by atoms with Crippen LogP contribution in [0.15, 0.2) is 53.6 Å². The van der Waals surface area contributed by atoms with Crippen LogP contribution in [-0.4, -0.2) is 29.7 Å². The maximum Gasteiger partial charge on any atom is 0.291 e. The average molecular weight is 457 g/mol. The Kier molecular flexibility index (Phi) is 4.85. The van der Waals surface area contributed by atoms with Crippen LogP contribution in [0.1, 0.15) is 24.3 Å². The lowest BCUT2D eigenvalue weighted by Crippen LogP contribution is -2.31. The van der Waals surface area contributed by atoms with Gasteiger partial charge in [0.1, 0.15) is 16.5 Å². The van der Waals surface area contributed by atoms with Gasteiger partial charge in [0.25, 0.3) is 6.43 Å². The first kappa shape index (κ1) is 19.9. The third-order valence-electron chi connectivity index (χ3n) is 5.01. The summed E-state index contributed by atoms with van der Waals surface area (Å²) in [6.07, 6.45) is 0.185. The van der Waals surface area contributed by atoms with E-state index in [1.807, 2.05) is 30.3 Å². The van der Waals surface area contributed by atoms with Gasteiger partial charge in [0.2, 0.25) is 5.13 Å². The largest absolute Gasteiger partial charge is 0.291 e. The second-order valence-electron chi connectivity index (χ2n) is 7.11. The molecule has 4 aromatic rings. The molecule has 5 rings (SSSR count). The molecule has 0 radical (unpaired) electrons. The number of halogens is 2. The second-order valence-corrected chi connectivity index (χ2v) is 9.31. The van der Waals surface area contributed by atoms with Gasteiger partial charge < -0.3 is 0 Å². The van der Waals surface area contributed by atoms with Crippen molar-refractivity contribution in [3.05, 3.63) is 53.7 Å². The lowest BCUT2D eigenvalue weighted by molar-refractivity contribution is 0.150. The molecule has 2 heterocycles. The van der Waals surface area contributed by atoms with Crippen LogP contribution in [0.25, 0.3) is 27.2 Å². The lowest BCUT2D eigenvalue weighted by atomic mass is 10.0. The van der Waals surface area contributed by atoms with E-state index in [4.69, 9.17) is 0 Å². The fourth-order valence-corrected chi connectivity index (χ4v) is 5.05. The van der Waals surface area contributed by atoms with Gasteiger partial charge >= 0.3 is 0 Å². The Morgan fingerprint density at radius 2 is 2.00 bits per heavy atom. The number of benzene rings is 2. The van der Waals surface area contributed by atoms with Crippen molar-refractivity contribution in [3.8, 4) is 22.3 Å². The summed E-state index contributed by atoms with van der Waals surface area (Å²) in [4.78, 5) is 0.452. The highest BCUT2D eigenvalue weighted by molar-refractivity contribution is 7.83. The highest BCUT2D eigenvalue weighted by Gasteiger charge is 2.44. The van der Waals surface area contributed by atoms with Crippen LogP contribution in [0.5, 0.6) is 0 Å². The highest BCUT2D eigenvalue weighted by Crippen LogP contribution is 2.37. The number of rotatable bonds is 6. The zero-order valence-electron chi connectivity index (χ0n) is 15.8. The predicted molar refractivity (Wildman–Crippen MR) is 112 cm³/mol. The molecule has 0 saturated heterocycles. The minimum absolute atomic E-state index is 0.191. The first-order chi connectivity index (χ1) is 15.0. The van der Waals surface area contributed by atoms with Gasteiger partial charge in [-0.05, 0) is 36.1 Å². The summed E-state index contributed by atoms with van der Waals surface area (Å²) in [5.74, 6) is 0. The van der Waals surface area contributed by atoms with Crippen LogP contribution >= 0.6 is 11.3 Å². The molecule has 1 fully saturated rings. The minimum Gasteiger partial charge on any atom is -0.237 e. The molecule has 1 saturated carbocycles. The van der Waals surface area contributed by atoms with Gasteiger partial charge in [-0.3, -0.25) is 0 Å². The standard InChI is InChI=1S/C20H14F2N6OS2/c21-17(22)18-25-26-19(30-18)28-16-9-13(31(29)27-20(11-23)6-7-20)8-14(15(16)10-24-28)12-4-2-1-3-5-12/h1-5,8-10,17,27H,6-7H2. The van der Waals surface area contributed by atoms with Gasteiger partial charge in [0.05, 0.1) is 22.7 Å². The van der Waals surface area contributed by atoms with Crippen LogP contribution in [0.3, 0.4) is 0 Å². The van der Waals surface area contributed by atoms with E-state index in [2.05, 4.69) is 26.1 Å². The Morgan fingerprint density at radius 3 is 2.65 bits per heavy atom. The van der Waals surface area contributed by atoms with E-state index in [0.29, 0.717) is 23.3 Å². The summed E-state index contributed by atoms with van der Waals surface area (Å²) >= 11 is 0.747. The Hall–Kier alpha value is -3.07. The molecular formula is C20H14F2N6OS2. The van der Waals surface area contributed by atoms with Crippen molar-refractivity contribution in [1.29, 1.82) is 5.26 Å². The Morgan fingerprint density at radius 1 is 1.23 bits per heavy atom. The number of aromatic nitrogens is 4. The maximum atomic E-state index is 13.0. The number of hydrogen-bond donors (Lipinski definition) is 1. The van der Waals surface area contributed by atoms with Gasteiger partial charge in [-0.2, -0.15) is 10.4 Å². The summed E-state index contributed by atoms with van der Waals surface area (Å²) in [6, 6.07) is 15.2. The number of alkyl halides is 2. The number of nitriles is 1. The first-order valence-corrected chi connectivity index (χ1v) is 11.3. The third-order valence-corrected chi connectivity index (χ3v) is 7.16. The summed E-state index contributed by atoms with van der Waals surface area (Å²) in [7, 11) is -1.65. The molecule has 156 valence electrons. The molecule has 0 aliphatic heterocycles. The number of hydrogen-bond acceptors (Lipinski definition) is 6. The molecule has 2 aromatic carbocycles. The molecule has 11 heteroatoms. The smallest absolute Gasteiger partial charge is 0.237 e. The SMILES string of the molecule is N#CC1(NS(=O)c2cc(-c3ccccc3)c3cnn(-c4nnc(C(F)F)s4)c3c2)CC1. The molecule has 1 unspecified atom stereocenters. The van der Waals surface area contributed by atoms with Crippen molar-refractivity contribution in [2.24, 2.45) is 0 Å². The molecule has 31 heavy (non-hydrogen) atoms. The van der Waals surface area contributed by atoms with E-state index in [9.17, 15) is 18.3 Å². The van der Waals surface area contributed by atoms with Gasteiger partial charge in [-0.1, -0.05) is 41.7 Å². The Bertz CT molecular complexity index is 1340. The van der Waals surface area contributed by atoms with Crippen molar-refractivity contribution in [3.63, 3.8) is 0 Å². The van der Waals surface area contributed by atoms with Crippen molar-refractivity contribution in [2.75, 3.05) is 0 Å². The molecule has 1 atom stereocenters. The minimum atomic E-state index is -2.72. The molecule has 1 aliphatic carbocycles. The van der Waals surface area contributed by atoms with E-state index in [0.717, 1.165) is 27.8 Å². The maximum absolute atomic E-state index is 13.0. The van der Waals surface area contributed by atoms with Gasteiger partial charge in [0, 0.05) is 5.39 Å². The molecule has 7 nitrogen and oxygen atoms in total. The van der Waals surface area contributed by atoms with E-state index in [1.165, 1.54) is 4.68 Å². The topological polar surface area (TPSA) is 96.5 Å². The highest BCUT2D eigenvalue weighted by atomic mass is 32.2. The summed E-state index contributed by atoms with van der Waals surface area (Å²) < 4.78 is 43.4. The fraction of sp³-hybridized carbons (Fsp3) is 0.200. The summed E-state index contributed by atoms with van der Waals surface area (Å²) in [5.41, 5.74) is 1.47. The van der Waals surface area contributed by atoms with E-state index < -0.39 is 28.0 Å². The van der Waals surface area contributed by atoms with Crippen molar-refractivity contribution in [1.82, 2.24) is 24.7 Å². The predicted octanol–water partition coefficient (Wildman–Crippen LogP) is 4.15. The average Bonchev–Trinajstić information content (AvgIpc) is 3.19. The van der Waals surface area contributed by atoms with Crippen molar-refractivity contribution in [2.45, 2.75) is 29.7 Å². The number of nitrogens with one attached hydrogen (secondary N) is 1. The number of nitrogens with zero attached hydrogens (tertiary/aromatic N) is 5. The summed E-state index contributed by atoms with van der Waals surface area (Å²) in [6.45, 7) is 0. The van der Waals surface area contributed by atoms with Gasteiger partial charge in [-0.15, -0.1) is 10.2 Å². The first-order valence-electron chi connectivity index (χ1n) is 9.30. The van der Waals surface area contributed by atoms with E-state index in [1.54, 1.807) is 18.3 Å². The van der Waals surface area contributed by atoms with Gasteiger partial charge in [-0.25, -0.2) is 22.4 Å². The molecule has 1 aliphatic rings. The molecule has 1 N–H and O–H groups in total. The van der Waals surface area contributed by atoms with Gasteiger partial charge in [0.15, 0.2) is 5.01 Å². The molecule has 2 aromatic heterocycles. The Labute approximate surface area is 181 Å². The molecule has 0 bridgehead atoms. The molecule has 0 amide bonds. The van der Waals surface area contributed by atoms with Crippen LogP contribution < -0.4 is 4.72 Å². The fourth-order valence-electron chi connectivity index (χ4n) is 3.22. The number of fused-ring (bicyclic) bond motifs is 1. The van der Waals surface area contributed by atoms with E-state index >= 15 is 0 Å². The molecular weight excluding hydrogens is 442 g/mol. The van der Waals surface area contributed by atoms with Crippen LogP contribution in [0, 0.1) is 11.3 Å². The van der Waals surface area contributed by atoms with Crippen LogP contribution in [0.4, 0.5) is 8.78 Å². The summed E-state index contributed by atoms with van der Waals surface area (Å²) in [5, 5.41) is 21.6. The monoisotopic (exact) mass is 456 g/mol. The normalized spacial score (nSPS) is 15.8. The quantitative estimate of drug-likeness (QED) is 0.470. The zero-order valence-corrected chi connectivity index (χ0v) is 17.5. The molecule has 0 spiro atoms. The van der Waals surface area contributed by atoms with Crippen molar-refractivity contribution < 1.29 is 13.0 Å². The second kappa shape index (κ2) is 7.56. The zero-order chi connectivity index (χ0) is 21.6. The van der Waals surface area contributed by atoms with Crippen molar-refractivity contribution >= 4 is 33.2 Å². The lowest BCUT2D eigenvalue weighted by Gasteiger charge is -2.11. The third kappa shape index (κ3) is 3.63. The van der Waals surface area contributed by atoms with Crippen LogP contribution in [-0.2, 0) is 11.0 Å². The van der Waals surface area contributed by atoms with E-state index in [-0.39, 0.29) is 5.13 Å². The van der Waals surface area contributed by atoms with Crippen LogP contribution in [0.2, 0.25) is 0 Å².